The summed E-state index contributed by atoms with van der Waals surface area (Å²) in [6.07, 6.45) is 1.73. The minimum Gasteiger partial charge on any atom is -0.337 e. The molecule has 1 aromatic carbocycles. The van der Waals surface area contributed by atoms with E-state index in [4.69, 9.17) is 11.6 Å². The van der Waals surface area contributed by atoms with Crippen molar-refractivity contribution >= 4 is 46.8 Å². The van der Waals surface area contributed by atoms with Crippen LogP contribution in [0.15, 0.2) is 41.4 Å². The average Bonchev–Trinajstić information content (AvgIpc) is 2.78. The largest absolute Gasteiger partial charge is 0.337 e. The third-order valence-electron chi connectivity index (χ3n) is 2.53. The minimum atomic E-state index is 0.619. The Balaban J connectivity index is 1.98. The molecule has 0 spiro atoms. The number of hydrogen-bond donors (Lipinski definition) is 3. The van der Waals surface area contributed by atoms with Crippen LogP contribution in [0.3, 0.4) is 0 Å². The lowest BCUT2D eigenvalue weighted by Gasteiger charge is -2.04. The Kier molecular flexibility index (Phi) is 2.85. The van der Waals surface area contributed by atoms with Crippen LogP contribution < -0.4 is 5.32 Å². The van der Waals surface area contributed by atoms with E-state index in [0.717, 1.165) is 21.6 Å². The molecule has 18 heavy (non-hydrogen) atoms. The predicted octanol–water partition coefficient (Wildman–Crippen LogP) is 3.64. The maximum absolute atomic E-state index is 5.92. The standard InChI is InChI=1S/C12H9ClN4S/c13-8-4-3-7(6-10(8)18)15-12-11-9(16-17-12)2-1-5-14-11/h1-6,18H,(H2,15,16,17). The Morgan fingerprint density at radius 2 is 2.17 bits per heavy atom. The number of H-pyrrole nitrogens is 1. The maximum atomic E-state index is 5.92. The minimum absolute atomic E-state index is 0.619. The Morgan fingerprint density at radius 1 is 1.28 bits per heavy atom. The fourth-order valence-electron chi connectivity index (χ4n) is 1.67. The second-order valence-electron chi connectivity index (χ2n) is 3.76. The van der Waals surface area contributed by atoms with E-state index in [1.807, 2.05) is 24.3 Å². The molecule has 3 aromatic rings. The summed E-state index contributed by atoms with van der Waals surface area (Å²) >= 11 is 10.2. The SMILES string of the molecule is Sc1cc(Nc2n[nH]c3cccnc23)ccc1Cl. The lowest BCUT2D eigenvalue weighted by Crippen LogP contribution is -1.92. The first kappa shape index (κ1) is 11.4. The van der Waals surface area contributed by atoms with E-state index in [1.165, 1.54) is 0 Å². The van der Waals surface area contributed by atoms with Gasteiger partial charge < -0.3 is 5.32 Å². The van der Waals surface area contributed by atoms with E-state index >= 15 is 0 Å². The number of aromatic nitrogens is 3. The molecular formula is C12H9ClN4S. The Hall–Kier alpha value is -1.72. The van der Waals surface area contributed by atoms with Crippen LogP contribution in [0, 0.1) is 0 Å². The zero-order valence-corrected chi connectivity index (χ0v) is 10.8. The van der Waals surface area contributed by atoms with Crippen LogP contribution in [0.5, 0.6) is 0 Å². The zero-order valence-electron chi connectivity index (χ0n) is 9.18. The number of pyridine rings is 1. The summed E-state index contributed by atoms with van der Waals surface area (Å²) in [4.78, 5) is 4.99. The van der Waals surface area contributed by atoms with Gasteiger partial charge in [0.2, 0.25) is 0 Å². The van der Waals surface area contributed by atoms with Crippen molar-refractivity contribution in [3.63, 3.8) is 0 Å². The van der Waals surface area contributed by atoms with E-state index in [0.29, 0.717) is 10.8 Å². The van der Waals surface area contributed by atoms with Gasteiger partial charge in [0.1, 0.15) is 5.52 Å². The molecule has 0 aliphatic rings. The molecule has 0 unspecified atom stereocenters. The van der Waals surface area contributed by atoms with Gasteiger partial charge >= 0.3 is 0 Å². The fourth-order valence-corrected chi connectivity index (χ4v) is 2.00. The van der Waals surface area contributed by atoms with Gasteiger partial charge in [-0.2, -0.15) is 5.10 Å². The van der Waals surface area contributed by atoms with Crippen molar-refractivity contribution in [3.05, 3.63) is 41.6 Å². The number of thiol groups is 1. The molecule has 0 saturated carbocycles. The van der Waals surface area contributed by atoms with Crippen molar-refractivity contribution in [2.45, 2.75) is 4.90 Å². The molecule has 0 bridgehead atoms. The first-order valence-corrected chi connectivity index (χ1v) is 6.11. The molecule has 90 valence electrons. The van der Waals surface area contributed by atoms with E-state index in [-0.39, 0.29) is 0 Å². The molecular weight excluding hydrogens is 268 g/mol. The molecule has 2 N–H and O–H groups in total. The molecule has 3 rings (SSSR count). The molecule has 0 atom stereocenters. The van der Waals surface area contributed by atoms with Crippen LogP contribution in [0.4, 0.5) is 11.5 Å². The highest BCUT2D eigenvalue weighted by Crippen LogP contribution is 2.27. The third-order valence-corrected chi connectivity index (χ3v) is 3.36. The molecule has 4 nitrogen and oxygen atoms in total. The number of anilines is 2. The van der Waals surface area contributed by atoms with E-state index in [1.54, 1.807) is 12.3 Å². The van der Waals surface area contributed by atoms with Gasteiger partial charge in [0.15, 0.2) is 5.82 Å². The van der Waals surface area contributed by atoms with Crippen molar-refractivity contribution in [2.24, 2.45) is 0 Å². The molecule has 0 aliphatic heterocycles. The van der Waals surface area contributed by atoms with Crippen LogP contribution >= 0.6 is 24.2 Å². The van der Waals surface area contributed by atoms with E-state index in [9.17, 15) is 0 Å². The molecule has 0 aliphatic carbocycles. The molecule has 0 saturated heterocycles. The van der Waals surface area contributed by atoms with E-state index in [2.05, 4.69) is 33.1 Å². The predicted molar refractivity (Wildman–Crippen MR) is 75.9 cm³/mol. The maximum Gasteiger partial charge on any atom is 0.178 e. The second kappa shape index (κ2) is 4.51. The summed E-state index contributed by atoms with van der Waals surface area (Å²) in [5.41, 5.74) is 2.55. The van der Waals surface area contributed by atoms with Crippen LogP contribution in [0.25, 0.3) is 11.0 Å². The topological polar surface area (TPSA) is 53.6 Å². The number of rotatable bonds is 2. The molecule has 2 heterocycles. The Bertz CT molecular complexity index is 710. The van der Waals surface area contributed by atoms with E-state index < -0.39 is 0 Å². The third kappa shape index (κ3) is 2.02. The van der Waals surface area contributed by atoms with Crippen LogP contribution in [-0.4, -0.2) is 15.2 Å². The van der Waals surface area contributed by atoms with Crippen molar-refractivity contribution in [1.29, 1.82) is 0 Å². The van der Waals surface area contributed by atoms with Crippen molar-refractivity contribution in [1.82, 2.24) is 15.2 Å². The van der Waals surface area contributed by atoms with Gasteiger partial charge in [-0.15, -0.1) is 12.6 Å². The Labute approximate surface area is 114 Å². The molecule has 0 amide bonds. The number of hydrogen-bond acceptors (Lipinski definition) is 4. The van der Waals surface area contributed by atoms with Crippen molar-refractivity contribution in [3.8, 4) is 0 Å². The average molecular weight is 277 g/mol. The first-order valence-electron chi connectivity index (χ1n) is 5.28. The summed E-state index contributed by atoms with van der Waals surface area (Å²) in [5.74, 6) is 0.681. The first-order chi connectivity index (χ1) is 8.74. The zero-order chi connectivity index (χ0) is 12.5. The summed E-state index contributed by atoms with van der Waals surface area (Å²) in [5, 5.41) is 10.9. The van der Waals surface area contributed by atoms with Gasteiger partial charge in [-0.25, -0.2) is 0 Å². The highest BCUT2D eigenvalue weighted by Gasteiger charge is 2.07. The molecule has 0 fully saturated rings. The smallest absolute Gasteiger partial charge is 0.178 e. The quantitative estimate of drug-likeness (QED) is 0.626. The lowest BCUT2D eigenvalue weighted by molar-refractivity contribution is 1.12. The van der Waals surface area contributed by atoms with Gasteiger partial charge in [-0.3, -0.25) is 10.1 Å². The van der Waals surface area contributed by atoms with Gasteiger partial charge in [0.25, 0.3) is 0 Å². The summed E-state index contributed by atoms with van der Waals surface area (Å²) in [6.45, 7) is 0. The van der Waals surface area contributed by atoms with Crippen molar-refractivity contribution < 1.29 is 0 Å². The molecule has 0 radical (unpaired) electrons. The highest BCUT2D eigenvalue weighted by atomic mass is 35.5. The Morgan fingerprint density at radius 3 is 3.00 bits per heavy atom. The number of benzene rings is 1. The van der Waals surface area contributed by atoms with Gasteiger partial charge in [0, 0.05) is 16.8 Å². The number of aromatic amines is 1. The second-order valence-corrected chi connectivity index (χ2v) is 4.65. The molecule has 2 aromatic heterocycles. The summed E-state index contributed by atoms with van der Waals surface area (Å²) in [6, 6.07) is 9.28. The number of nitrogens with zero attached hydrogens (tertiary/aromatic N) is 2. The van der Waals surface area contributed by atoms with Crippen molar-refractivity contribution in [2.75, 3.05) is 5.32 Å². The fraction of sp³-hybridized carbons (Fsp3) is 0. The number of halogens is 1. The highest BCUT2D eigenvalue weighted by molar-refractivity contribution is 7.80. The van der Waals surface area contributed by atoms with Gasteiger partial charge in [0.05, 0.1) is 10.5 Å². The lowest BCUT2D eigenvalue weighted by atomic mass is 10.3. The number of fused-ring (bicyclic) bond motifs is 1. The molecule has 6 heteroatoms. The van der Waals surface area contributed by atoms with Crippen LogP contribution in [-0.2, 0) is 0 Å². The summed E-state index contributed by atoms with van der Waals surface area (Å²) < 4.78 is 0. The number of nitrogens with one attached hydrogen (secondary N) is 2. The summed E-state index contributed by atoms with van der Waals surface area (Å²) in [7, 11) is 0. The van der Waals surface area contributed by atoms with Crippen LogP contribution in [0.2, 0.25) is 5.02 Å². The van der Waals surface area contributed by atoms with Gasteiger partial charge in [-0.05, 0) is 30.3 Å². The monoisotopic (exact) mass is 276 g/mol. The normalized spacial score (nSPS) is 10.8. The van der Waals surface area contributed by atoms with Gasteiger partial charge in [-0.1, -0.05) is 11.6 Å². The van der Waals surface area contributed by atoms with Crippen LogP contribution in [0.1, 0.15) is 0 Å².